The molecule has 0 radical (unpaired) electrons. The molecule has 0 aliphatic heterocycles. The van der Waals surface area contributed by atoms with Gasteiger partial charge in [-0.1, -0.05) is 0 Å². The summed E-state index contributed by atoms with van der Waals surface area (Å²) in [6.45, 7) is 1.93. The van der Waals surface area contributed by atoms with Gasteiger partial charge in [0, 0.05) is 5.56 Å². The summed E-state index contributed by atoms with van der Waals surface area (Å²) in [5.41, 5.74) is 0.456. The van der Waals surface area contributed by atoms with Crippen molar-refractivity contribution in [1.29, 1.82) is 5.26 Å². The average Bonchev–Trinajstić information content (AvgIpc) is 2.24. The van der Waals surface area contributed by atoms with E-state index < -0.39 is 11.8 Å². The Hall–Kier alpha value is -1.41. The lowest BCUT2D eigenvalue weighted by atomic mass is 10.1. The van der Waals surface area contributed by atoms with Crippen molar-refractivity contribution >= 4 is 21.9 Å². The van der Waals surface area contributed by atoms with Gasteiger partial charge >= 0.3 is 5.97 Å². The third kappa shape index (κ3) is 3.04. The Morgan fingerprint density at radius 2 is 2.31 bits per heavy atom. The van der Waals surface area contributed by atoms with E-state index in [4.69, 9.17) is 10.00 Å². The maximum atomic E-state index is 13.6. The Morgan fingerprint density at radius 3 is 2.88 bits per heavy atom. The van der Waals surface area contributed by atoms with E-state index in [9.17, 15) is 9.18 Å². The minimum atomic E-state index is -0.535. The fourth-order valence-corrected chi connectivity index (χ4v) is 1.71. The van der Waals surface area contributed by atoms with Gasteiger partial charge in [-0.15, -0.1) is 0 Å². The van der Waals surface area contributed by atoms with E-state index in [1.54, 1.807) is 6.92 Å². The Kier molecular flexibility index (Phi) is 4.44. The highest BCUT2D eigenvalue weighted by Gasteiger charge is 2.13. The predicted octanol–water partition coefficient (Wildman–Crippen LogP) is 2.57. The number of ether oxygens (including phenoxy) is 1. The van der Waals surface area contributed by atoms with Crippen LogP contribution in [0.1, 0.15) is 18.1 Å². The Balaban J connectivity index is 3.00. The summed E-state index contributed by atoms with van der Waals surface area (Å²) < 4.78 is 18.4. The van der Waals surface area contributed by atoms with E-state index >= 15 is 0 Å². The van der Waals surface area contributed by atoms with Crippen LogP contribution in [-0.2, 0) is 16.0 Å². The number of carbonyl (C=O) groups is 1. The van der Waals surface area contributed by atoms with E-state index in [0.29, 0.717) is 5.56 Å². The molecule has 0 bridgehead atoms. The SMILES string of the molecule is CCOC(=O)Cc1cc(C#N)cc(Br)c1F. The van der Waals surface area contributed by atoms with Gasteiger partial charge in [0.15, 0.2) is 0 Å². The lowest BCUT2D eigenvalue weighted by molar-refractivity contribution is -0.142. The molecule has 0 saturated heterocycles. The molecule has 0 amide bonds. The standard InChI is InChI=1S/C11H9BrFNO2/c1-2-16-10(15)5-8-3-7(6-14)4-9(12)11(8)13/h3-4H,2,5H2,1H3. The maximum absolute atomic E-state index is 13.6. The van der Waals surface area contributed by atoms with Gasteiger partial charge < -0.3 is 4.74 Å². The van der Waals surface area contributed by atoms with Crippen molar-refractivity contribution in [3.8, 4) is 6.07 Å². The first-order valence-corrected chi connectivity index (χ1v) is 5.41. The Bertz CT molecular complexity index is 454. The smallest absolute Gasteiger partial charge is 0.310 e. The molecule has 0 unspecified atom stereocenters. The minimum absolute atomic E-state index is 0.157. The molecule has 0 aliphatic carbocycles. The number of rotatable bonds is 3. The van der Waals surface area contributed by atoms with E-state index in [1.165, 1.54) is 12.1 Å². The van der Waals surface area contributed by atoms with E-state index in [1.807, 2.05) is 6.07 Å². The first-order chi connectivity index (χ1) is 7.58. The van der Waals surface area contributed by atoms with Gasteiger partial charge in [-0.2, -0.15) is 5.26 Å². The zero-order valence-corrected chi connectivity index (χ0v) is 10.2. The lowest BCUT2D eigenvalue weighted by Gasteiger charge is -2.05. The molecule has 0 atom stereocenters. The van der Waals surface area contributed by atoms with Crippen LogP contribution in [0.15, 0.2) is 16.6 Å². The van der Waals surface area contributed by atoms with Crippen LogP contribution in [0.3, 0.4) is 0 Å². The van der Waals surface area contributed by atoms with Gasteiger partial charge in [0.05, 0.1) is 29.1 Å². The summed E-state index contributed by atoms with van der Waals surface area (Å²) in [6, 6.07) is 4.60. The average molecular weight is 286 g/mol. The third-order valence-electron chi connectivity index (χ3n) is 1.87. The first kappa shape index (κ1) is 12.7. The van der Waals surface area contributed by atoms with Gasteiger partial charge in [-0.3, -0.25) is 4.79 Å². The van der Waals surface area contributed by atoms with Crippen molar-refractivity contribution < 1.29 is 13.9 Å². The molecule has 0 saturated carbocycles. The Labute approximate surface area is 101 Å². The van der Waals surface area contributed by atoms with Crippen molar-refractivity contribution in [3.63, 3.8) is 0 Å². The topological polar surface area (TPSA) is 50.1 Å². The second-order valence-electron chi connectivity index (χ2n) is 3.02. The zero-order valence-electron chi connectivity index (χ0n) is 8.59. The van der Waals surface area contributed by atoms with Crippen LogP contribution in [0.25, 0.3) is 0 Å². The number of nitriles is 1. The zero-order chi connectivity index (χ0) is 12.1. The number of hydrogen-bond donors (Lipinski definition) is 0. The summed E-state index contributed by atoms with van der Waals surface area (Å²) in [6.07, 6.45) is -0.173. The van der Waals surface area contributed by atoms with Crippen LogP contribution < -0.4 is 0 Å². The third-order valence-corrected chi connectivity index (χ3v) is 2.45. The van der Waals surface area contributed by atoms with Crippen molar-refractivity contribution in [1.82, 2.24) is 0 Å². The fourth-order valence-electron chi connectivity index (χ4n) is 1.21. The Morgan fingerprint density at radius 1 is 1.62 bits per heavy atom. The quantitative estimate of drug-likeness (QED) is 0.802. The van der Waals surface area contributed by atoms with Crippen LogP contribution in [0.4, 0.5) is 4.39 Å². The molecule has 0 fully saturated rings. The molecule has 0 aliphatic rings. The summed E-state index contributed by atoms with van der Waals surface area (Å²) in [5.74, 6) is -1.05. The monoisotopic (exact) mass is 285 g/mol. The van der Waals surface area contributed by atoms with Gasteiger partial charge in [-0.25, -0.2) is 4.39 Å². The number of carbonyl (C=O) groups excluding carboxylic acids is 1. The summed E-state index contributed by atoms with van der Waals surface area (Å²) in [7, 11) is 0. The largest absolute Gasteiger partial charge is 0.466 e. The molecule has 1 rings (SSSR count). The molecule has 0 heterocycles. The summed E-state index contributed by atoms with van der Waals surface area (Å²) in [5, 5.41) is 8.71. The highest BCUT2D eigenvalue weighted by molar-refractivity contribution is 9.10. The van der Waals surface area contributed by atoms with Crippen LogP contribution in [-0.4, -0.2) is 12.6 Å². The fraction of sp³-hybridized carbons (Fsp3) is 0.273. The molecular formula is C11H9BrFNO2. The first-order valence-electron chi connectivity index (χ1n) is 4.62. The molecule has 0 spiro atoms. The second kappa shape index (κ2) is 5.61. The van der Waals surface area contributed by atoms with Crippen LogP contribution in [0.2, 0.25) is 0 Å². The normalized spacial score (nSPS) is 9.62. The molecule has 3 nitrogen and oxygen atoms in total. The number of benzene rings is 1. The molecule has 84 valence electrons. The van der Waals surface area contributed by atoms with Crippen LogP contribution in [0.5, 0.6) is 0 Å². The van der Waals surface area contributed by atoms with Crippen molar-refractivity contribution in [2.24, 2.45) is 0 Å². The van der Waals surface area contributed by atoms with Gasteiger partial charge in [0.25, 0.3) is 0 Å². The molecular weight excluding hydrogens is 277 g/mol. The van der Waals surface area contributed by atoms with Crippen molar-refractivity contribution in [3.05, 3.63) is 33.5 Å². The number of nitrogens with zero attached hydrogens (tertiary/aromatic N) is 1. The maximum Gasteiger partial charge on any atom is 0.310 e. The highest BCUT2D eigenvalue weighted by atomic mass is 79.9. The van der Waals surface area contributed by atoms with Gasteiger partial charge in [0.1, 0.15) is 5.82 Å². The highest BCUT2D eigenvalue weighted by Crippen LogP contribution is 2.21. The molecule has 0 aromatic heterocycles. The molecule has 5 heteroatoms. The summed E-state index contributed by atoms with van der Waals surface area (Å²) in [4.78, 5) is 11.2. The number of halogens is 2. The van der Waals surface area contributed by atoms with Crippen LogP contribution in [0, 0.1) is 17.1 Å². The minimum Gasteiger partial charge on any atom is -0.466 e. The van der Waals surface area contributed by atoms with E-state index in [2.05, 4.69) is 15.9 Å². The second-order valence-corrected chi connectivity index (χ2v) is 3.88. The molecule has 1 aromatic carbocycles. The van der Waals surface area contributed by atoms with E-state index in [-0.39, 0.29) is 23.1 Å². The molecule has 16 heavy (non-hydrogen) atoms. The molecule has 1 aromatic rings. The van der Waals surface area contributed by atoms with E-state index in [0.717, 1.165) is 0 Å². The van der Waals surface area contributed by atoms with Crippen molar-refractivity contribution in [2.75, 3.05) is 6.61 Å². The van der Waals surface area contributed by atoms with Crippen molar-refractivity contribution in [2.45, 2.75) is 13.3 Å². The molecule has 0 N–H and O–H groups in total. The summed E-state index contributed by atoms with van der Waals surface area (Å²) >= 11 is 2.99. The van der Waals surface area contributed by atoms with Crippen LogP contribution >= 0.6 is 15.9 Å². The van der Waals surface area contributed by atoms with Gasteiger partial charge in [0.2, 0.25) is 0 Å². The predicted molar refractivity (Wildman–Crippen MR) is 59.2 cm³/mol. The van der Waals surface area contributed by atoms with Gasteiger partial charge in [-0.05, 0) is 35.0 Å². The number of esters is 1. The lowest BCUT2D eigenvalue weighted by Crippen LogP contribution is -2.09. The number of hydrogen-bond acceptors (Lipinski definition) is 3.